The molecule has 0 amide bonds. The molecule has 6 nitrogen and oxygen atoms in total. The second-order valence-corrected chi connectivity index (χ2v) is 7.93. The van der Waals surface area contributed by atoms with Gasteiger partial charge in [-0.2, -0.15) is 0 Å². The highest BCUT2D eigenvalue weighted by molar-refractivity contribution is 5.31. The quantitative estimate of drug-likeness (QED) is 0.845. The normalized spacial score (nSPS) is 25.3. The van der Waals surface area contributed by atoms with Crippen molar-refractivity contribution in [3.8, 4) is 0 Å². The number of anilines is 1. The van der Waals surface area contributed by atoms with E-state index in [1.165, 1.54) is 25.0 Å². The predicted octanol–water partition coefficient (Wildman–Crippen LogP) is 1.86. The SMILES string of the molecule is O=c1cccc2n1C[C@H]1C[C@@H]2CN(Cc2ccnc(N3CCCC3)n2)C1. The number of pyridine rings is 1. The van der Waals surface area contributed by atoms with Crippen molar-refractivity contribution in [2.45, 2.75) is 38.3 Å². The highest BCUT2D eigenvalue weighted by Crippen LogP contribution is 2.35. The summed E-state index contributed by atoms with van der Waals surface area (Å²) in [5.41, 5.74) is 2.46. The number of piperidine rings is 1. The van der Waals surface area contributed by atoms with Crippen molar-refractivity contribution in [1.82, 2.24) is 19.4 Å². The number of hydrogen-bond acceptors (Lipinski definition) is 5. The van der Waals surface area contributed by atoms with E-state index in [0.29, 0.717) is 11.8 Å². The highest BCUT2D eigenvalue weighted by Gasteiger charge is 2.34. The zero-order valence-electron chi connectivity index (χ0n) is 15.0. The van der Waals surface area contributed by atoms with Crippen LogP contribution in [-0.2, 0) is 13.1 Å². The first-order valence-electron chi connectivity index (χ1n) is 9.75. The van der Waals surface area contributed by atoms with Gasteiger partial charge in [0.05, 0.1) is 5.69 Å². The molecular formula is C20H25N5O. The largest absolute Gasteiger partial charge is 0.341 e. The van der Waals surface area contributed by atoms with E-state index in [0.717, 1.165) is 50.9 Å². The van der Waals surface area contributed by atoms with Gasteiger partial charge in [0.15, 0.2) is 0 Å². The van der Waals surface area contributed by atoms with E-state index < -0.39 is 0 Å². The predicted molar refractivity (Wildman–Crippen MR) is 100 cm³/mol. The van der Waals surface area contributed by atoms with Gasteiger partial charge in [-0.1, -0.05) is 6.07 Å². The number of rotatable bonds is 3. The smallest absolute Gasteiger partial charge is 0.250 e. The Hall–Kier alpha value is -2.21. The lowest BCUT2D eigenvalue weighted by Gasteiger charge is -2.42. The Kier molecular flexibility index (Phi) is 4.00. The van der Waals surface area contributed by atoms with Gasteiger partial charge in [0, 0.05) is 63.1 Å². The van der Waals surface area contributed by atoms with Gasteiger partial charge in [-0.05, 0) is 37.3 Å². The molecule has 0 N–H and O–H groups in total. The maximum atomic E-state index is 12.2. The van der Waals surface area contributed by atoms with Crippen LogP contribution in [0.4, 0.5) is 5.95 Å². The minimum Gasteiger partial charge on any atom is -0.341 e. The van der Waals surface area contributed by atoms with E-state index in [2.05, 4.69) is 20.9 Å². The third kappa shape index (κ3) is 2.92. The third-order valence-corrected chi connectivity index (χ3v) is 6.03. The van der Waals surface area contributed by atoms with Gasteiger partial charge >= 0.3 is 0 Å². The van der Waals surface area contributed by atoms with Crippen molar-refractivity contribution in [3.63, 3.8) is 0 Å². The number of likely N-dealkylation sites (tertiary alicyclic amines) is 1. The molecule has 2 aromatic rings. The number of nitrogens with zero attached hydrogens (tertiary/aromatic N) is 5. The fourth-order valence-electron chi connectivity index (χ4n) is 4.90. The van der Waals surface area contributed by atoms with E-state index in [1.807, 2.05) is 22.9 Å². The van der Waals surface area contributed by atoms with E-state index in [4.69, 9.17) is 4.98 Å². The third-order valence-electron chi connectivity index (χ3n) is 6.03. The monoisotopic (exact) mass is 351 g/mol. The van der Waals surface area contributed by atoms with Crippen molar-refractivity contribution < 1.29 is 0 Å². The Morgan fingerprint density at radius 2 is 1.96 bits per heavy atom. The first kappa shape index (κ1) is 16.0. The minimum absolute atomic E-state index is 0.150. The lowest BCUT2D eigenvalue weighted by atomic mass is 9.83. The summed E-state index contributed by atoms with van der Waals surface area (Å²) < 4.78 is 1.99. The van der Waals surface area contributed by atoms with Gasteiger partial charge in [-0.3, -0.25) is 9.69 Å². The van der Waals surface area contributed by atoms with Gasteiger partial charge < -0.3 is 9.47 Å². The Morgan fingerprint density at radius 1 is 1.08 bits per heavy atom. The van der Waals surface area contributed by atoms with E-state index >= 15 is 0 Å². The van der Waals surface area contributed by atoms with Crippen LogP contribution in [-0.4, -0.2) is 45.6 Å². The Bertz CT molecular complexity index is 857. The summed E-state index contributed by atoms with van der Waals surface area (Å²) in [6.45, 7) is 5.91. The molecular weight excluding hydrogens is 326 g/mol. The first-order chi connectivity index (χ1) is 12.8. The lowest BCUT2D eigenvalue weighted by molar-refractivity contribution is 0.113. The number of aromatic nitrogens is 3. The lowest BCUT2D eigenvalue weighted by Crippen LogP contribution is -2.46. The molecule has 2 bridgehead atoms. The fraction of sp³-hybridized carbons (Fsp3) is 0.550. The molecule has 2 saturated heterocycles. The standard InChI is InChI=1S/C20H25N5O/c26-19-5-3-4-18-16-10-15(12-25(18)19)11-23(13-16)14-17-6-7-21-20(22-17)24-8-1-2-9-24/h3-7,15-16H,1-2,8-14H2/t15-,16+/m0/s1. The van der Waals surface area contributed by atoms with Gasteiger partial charge in [-0.25, -0.2) is 9.97 Å². The minimum atomic E-state index is 0.150. The average Bonchev–Trinajstić information content (AvgIpc) is 3.18. The summed E-state index contributed by atoms with van der Waals surface area (Å²) in [5.74, 6) is 1.90. The zero-order valence-corrected chi connectivity index (χ0v) is 15.0. The molecule has 2 aromatic heterocycles. The first-order valence-corrected chi connectivity index (χ1v) is 9.75. The molecule has 6 heteroatoms. The van der Waals surface area contributed by atoms with E-state index in [9.17, 15) is 4.79 Å². The maximum Gasteiger partial charge on any atom is 0.250 e. The maximum absolute atomic E-state index is 12.2. The molecule has 0 aliphatic carbocycles. The summed E-state index contributed by atoms with van der Waals surface area (Å²) in [7, 11) is 0. The summed E-state index contributed by atoms with van der Waals surface area (Å²) in [5, 5.41) is 0. The molecule has 0 spiro atoms. The van der Waals surface area contributed by atoms with Crippen molar-refractivity contribution in [1.29, 1.82) is 0 Å². The van der Waals surface area contributed by atoms with Crippen LogP contribution in [0.3, 0.4) is 0 Å². The molecule has 2 fully saturated rings. The topological polar surface area (TPSA) is 54.3 Å². The van der Waals surface area contributed by atoms with Crippen LogP contribution in [0.25, 0.3) is 0 Å². The molecule has 0 radical (unpaired) electrons. The van der Waals surface area contributed by atoms with Gasteiger partial charge in [-0.15, -0.1) is 0 Å². The number of hydrogen-bond donors (Lipinski definition) is 0. The van der Waals surface area contributed by atoms with Gasteiger partial charge in [0.1, 0.15) is 0 Å². The molecule has 5 heterocycles. The molecule has 2 atom stereocenters. The van der Waals surface area contributed by atoms with Crippen molar-refractivity contribution >= 4 is 5.95 Å². The summed E-state index contributed by atoms with van der Waals surface area (Å²) in [6, 6.07) is 7.76. The average molecular weight is 351 g/mol. The summed E-state index contributed by atoms with van der Waals surface area (Å²) in [4.78, 5) is 26.2. The molecule has 5 rings (SSSR count). The van der Waals surface area contributed by atoms with E-state index in [-0.39, 0.29) is 5.56 Å². The second-order valence-electron chi connectivity index (χ2n) is 7.93. The summed E-state index contributed by atoms with van der Waals surface area (Å²) >= 11 is 0. The van der Waals surface area contributed by atoms with Crippen molar-refractivity contribution in [3.05, 3.63) is 52.2 Å². The Labute approximate surface area is 153 Å². The molecule has 136 valence electrons. The van der Waals surface area contributed by atoms with Gasteiger partial charge in [0.25, 0.3) is 5.56 Å². The number of fused-ring (bicyclic) bond motifs is 4. The van der Waals surface area contributed by atoms with Gasteiger partial charge in [0.2, 0.25) is 5.95 Å². The Balaban J connectivity index is 1.34. The van der Waals surface area contributed by atoms with Crippen LogP contribution in [0.2, 0.25) is 0 Å². The molecule has 0 unspecified atom stereocenters. The summed E-state index contributed by atoms with van der Waals surface area (Å²) in [6.07, 6.45) is 5.57. The van der Waals surface area contributed by atoms with Crippen LogP contribution in [0.1, 0.15) is 36.6 Å². The molecule has 26 heavy (non-hydrogen) atoms. The molecule has 0 aromatic carbocycles. The van der Waals surface area contributed by atoms with E-state index in [1.54, 1.807) is 6.07 Å². The zero-order chi connectivity index (χ0) is 17.5. The van der Waals surface area contributed by atoms with Crippen molar-refractivity contribution in [2.24, 2.45) is 5.92 Å². The molecule has 0 saturated carbocycles. The molecule has 3 aliphatic rings. The van der Waals surface area contributed by atoms with Crippen LogP contribution in [0, 0.1) is 5.92 Å². The fourth-order valence-corrected chi connectivity index (χ4v) is 4.90. The van der Waals surface area contributed by atoms with Crippen LogP contribution in [0.15, 0.2) is 35.3 Å². The van der Waals surface area contributed by atoms with Crippen LogP contribution in [0.5, 0.6) is 0 Å². The molecule has 3 aliphatic heterocycles. The van der Waals surface area contributed by atoms with Crippen molar-refractivity contribution in [2.75, 3.05) is 31.1 Å². The van der Waals surface area contributed by atoms with Crippen LogP contribution >= 0.6 is 0 Å². The Morgan fingerprint density at radius 3 is 2.85 bits per heavy atom. The second kappa shape index (κ2) is 6.50. The highest BCUT2D eigenvalue weighted by atomic mass is 16.1. The van der Waals surface area contributed by atoms with Crippen LogP contribution < -0.4 is 10.5 Å².